The Hall–Kier alpha value is -3.93. The average Bonchev–Trinajstić information content (AvgIpc) is 3.50. The van der Waals surface area contributed by atoms with Crippen molar-refractivity contribution in [2.75, 3.05) is 13.2 Å². The Kier molecular flexibility index (Phi) is 67.2. The number of carbonyl (C=O) groups is 3. The first kappa shape index (κ1) is 79.1. The molecule has 0 aromatic carbocycles. The summed E-state index contributed by atoms with van der Waals surface area (Å²) in [6.45, 7) is 6.52. The minimum absolute atomic E-state index is 0.0876. The molecule has 0 radical (unpaired) electrons. The molecule has 0 spiro atoms. The van der Waals surface area contributed by atoms with Crippen molar-refractivity contribution < 1.29 is 28.6 Å². The molecule has 0 heterocycles. The van der Waals surface area contributed by atoms with E-state index >= 15 is 0 Å². The molecule has 1 atom stereocenters. The highest BCUT2D eigenvalue weighted by Crippen LogP contribution is 2.16. The lowest BCUT2D eigenvalue weighted by atomic mass is 10.0. The van der Waals surface area contributed by atoms with Gasteiger partial charge in [0, 0.05) is 19.3 Å². The zero-order valence-corrected chi connectivity index (χ0v) is 54.7. The molecule has 0 saturated heterocycles. The van der Waals surface area contributed by atoms with Gasteiger partial charge in [-0.05, 0) is 128 Å². The van der Waals surface area contributed by atoms with Crippen molar-refractivity contribution >= 4 is 17.9 Å². The molecule has 0 saturated carbocycles. The van der Waals surface area contributed by atoms with Gasteiger partial charge in [-0.25, -0.2) is 0 Å². The second-order valence-corrected chi connectivity index (χ2v) is 23.4. The summed E-state index contributed by atoms with van der Waals surface area (Å²) in [5, 5.41) is 0. The van der Waals surface area contributed by atoms with E-state index in [0.29, 0.717) is 19.3 Å². The fourth-order valence-corrected chi connectivity index (χ4v) is 9.94. The maximum atomic E-state index is 13.0. The van der Waals surface area contributed by atoms with E-state index in [4.69, 9.17) is 14.2 Å². The van der Waals surface area contributed by atoms with Gasteiger partial charge in [0.15, 0.2) is 6.10 Å². The fourth-order valence-electron chi connectivity index (χ4n) is 9.94. The summed E-state index contributed by atoms with van der Waals surface area (Å²) in [6.07, 6.45) is 96.7. The second-order valence-electron chi connectivity index (χ2n) is 23.4. The maximum Gasteiger partial charge on any atom is 0.306 e. The number of allylic oxidation sites excluding steroid dienone is 18. The van der Waals surface area contributed by atoms with Crippen molar-refractivity contribution in [3.8, 4) is 0 Å². The highest BCUT2D eigenvalue weighted by atomic mass is 16.6. The number of rotatable bonds is 64. The van der Waals surface area contributed by atoms with E-state index in [1.54, 1.807) is 0 Å². The van der Waals surface area contributed by atoms with Gasteiger partial charge in [0.1, 0.15) is 13.2 Å². The maximum absolute atomic E-state index is 13.0. The molecule has 0 aromatic rings. The van der Waals surface area contributed by atoms with Crippen LogP contribution in [-0.2, 0) is 28.6 Å². The largest absolute Gasteiger partial charge is 0.462 e. The minimum Gasteiger partial charge on any atom is -0.462 e. The monoisotopic (exact) mass is 1150 g/mol. The van der Waals surface area contributed by atoms with Crippen LogP contribution in [0.1, 0.15) is 342 Å². The quantitative estimate of drug-likeness (QED) is 0.0261. The highest BCUT2D eigenvalue weighted by molar-refractivity contribution is 5.71. The topological polar surface area (TPSA) is 78.9 Å². The zero-order chi connectivity index (χ0) is 59.9. The van der Waals surface area contributed by atoms with E-state index < -0.39 is 6.10 Å². The Balaban J connectivity index is 4.38. The van der Waals surface area contributed by atoms with Gasteiger partial charge in [-0.1, -0.05) is 304 Å². The third-order valence-corrected chi connectivity index (χ3v) is 15.2. The molecule has 0 aliphatic rings. The molecular weight excluding hydrogens is 1020 g/mol. The molecule has 0 N–H and O–H groups in total. The van der Waals surface area contributed by atoms with Gasteiger partial charge in [0.2, 0.25) is 0 Å². The van der Waals surface area contributed by atoms with Gasteiger partial charge in [-0.15, -0.1) is 0 Å². The molecule has 0 fully saturated rings. The first-order chi connectivity index (χ1) is 41.0. The van der Waals surface area contributed by atoms with E-state index in [9.17, 15) is 14.4 Å². The number of ether oxygens (including phenoxy) is 3. The number of unbranched alkanes of at least 4 members (excludes halogenated alkanes) is 35. The molecule has 0 amide bonds. The number of esters is 3. The van der Waals surface area contributed by atoms with Crippen LogP contribution in [0.25, 0.3) is 0 Å². The SMILES string of the molecule is CC/C=C\C/C=C\C/C=C\CCCCCCCCCC(=O)OCC(COC(=O)CCCCCCCCCCCCCC/C=C\C/C=C\C/C=C\CCCCCCC)OC(=O)CCCCCCCC/C=C\C/C=C\C/C=C\CCCCCCC. The molecule has 0 rings (SSSR count). The van der Waals surface area contributed by atoms with Crippen molar-refractivity contribution in [1.29, 1.82) is 0 Å². The minimum atomic E-state index is -0.794. The van der Waals surface area contributed by atoms with Crippen molar-refractivity contribution in [2.24, 2.45) is 0 Å². The van der Waals surface area contributed by atoms with Crippen LogP contribution in [0.2, 0.25) is 0 Å². The van der Waals surface area contributed by atoms with Gasteiger partial charge < -0.3 is 14.2 Å². The summed E-state index contributed by atoms with van der Waals surface area (Å²) in [6, 6.07) is 0. The Bertz CT molecular complexity index is 1660. The van der Waals surface area contributed by atoms with E-state index in [-0.39, 0.29) is 31.1 Å². The molecular formula is C77H132O6. The summed E-state index contributed by atoms with van der Waals surface area (Å²) in [5.41, 5.74) is 0. The second kappa shape index (κ2) is 70.6. The average molecular weight is 1150 g/mol. The van der Waals surface area contributed by atoms with Crippen LogP contribution < -0.4 is 0 Å². The normalized spacial score (nSPS) is 12.8. The Labute approximate surface area is 514 Å². The van der Waals surface area contributed by atoms with E-state index in [1.165, 1.54) is 180 Å². The summed E-state index contributed by atoms with van der Waals surface area (Å²) in [5.74, 6) is -0.900. The van der Waals surface area contributed by atoms with Gasteiger partial charge >= 0.3 is 17.9 Å². The van der Waals surface area contributed by atoms with Gasteiger partial charge in [-0.3, -0.25) is 14.4 Å². The molecule has 1 unspecified atom stereocenters. The Morgan fingerprint density at radius 2 is 0.470 bits per heavy atom. The van der Waals surface area contributed by atoms with Gasteiger partial charge in [-0.2, -0.15) is 0 Å². The first-order valence-electron chi connectivity index (χ1n) is 35.4. The van der Waals surface area contributed by atoms with Crippen molar-refractivity contribution in [1.82, 2.24) is 0 Å². The number of hydrogen-bond donors (Lipinski definition) is 0. The summed E-state index contributed by atoms with van der Waals surface area (Å²) < 4.78 is 17.0. The summed E-state index contributed by atoms with van der Waals surface area (Å²) in [7, 11) is 0. The van der Waals surface area contributed by atoms with E-state index in [0.717, 1.165) is 122 Å². The van der Waals surface area contributed by atoms with E-state index in [2.05, 4.69) is 130 Å². The van der Waals surface area contributed by atoms with Crippen LogP contribution in [-0.4, -0.2) is 37.2 Å². The van der Waals surface area contributed by atoms with Crippen LogP contribution in [0.5, 0.6) is 0 Å². The van der Waals surface area contributed by atoms with Crippen molar-refractivity contribution in [3.63, 3.8) is 0 Å². The first-order valence-corrected chi connectivity index (χ1v) is 35.4. The molecule has 0 aliphatic heterocycles. The standard InChI is InChI=1S/C77H132O6/c1-4-7-10-13-16-19-22-25-28-31-33-35-36-37-38-39-40-42-43-46-49-52-55-58-61-64-67-70-76(79)82-73-74(72-81-75(78)69-66-63-60-57-54-51-48-45-30-27-24-21-18-15-12-9-6-3)83-77(80)71-68-65-62-59-56-53-50-47-44-41-34-32-29-26-23-20-17-14-11-8-5-2/h9,12,18,21-23,25-27,30-34,36-37,44,47,74H,4-8,10-11,13-17,19-20,24,28-29,35,38-43,45-46,48-73H2,1-3H3/b12-9-,21-18-,25-22-,26-23-,30-27-,33-31-,34-32-,37-36-,47-44-. The van der Waals surface area contributed by atoms with Crippen molar-refractivity contribution in [2.45, 2.75) is 348 Å². The highest BCUT2D eigenvalue weighted by Gasteiger charge is 2.19. The van der Waals surface area contributed by atoms with Crippen LogP contribution in [0.15, 0.2) is 109 Å². The summed E-state index contributed by atoms with van der Waals surface area (Å²) in [4.78, 5) is 38.5. The molecule has 83 heavy (non-hydrogen) atoms. The zero-order valence-electron chi connectivity index (χ0n) is 54.7. The smallest absolute Gasteiger partial charge is 0.306 e. The molecule has 6 heteroatoms. The third kappa shape index (κ3) is 68.7. The number of hydrogen-bond acceptors (Lipinski definition) is 6. The van der Waals surface area contributed by atoms with Crippen LogP contribution in [0, 0.1) is 0 Å². The molecule has 0 aromatic heterocycles. The Morgan fingerprint density at radius 3 is 0.735 bits per heavy atom. The molecule has 476 valence electrons. The van der Waals surface area contributed by atoms with Crippen LogP contribution in [0.4, 0.5) is 0 Å². The van der Waals surface area contributed by atoms with Crippen molar-refractivity contribution in [3.05, 3.63) is 109 Å². The predicted octanol–water partition coefficient (Wildman–Crippen LogP) is 24.6. The lowest BCUT2D eigenvalue weighted by Crippen LogP contribution is -2.30. The lowest BCUT2D eigenvalue weighted by Gasteiger charge is -2.18. The lowest BCUT2D eigenvalue weighted by molar-refractivity contribution is -0.167. The van der Waals surface area contributed by atoms with Crippen LogP contribution >= 0.6 is 0 Å². The molecule has 0 bridgehead atoms. The molecule has 6 nitrogen and oxygen atoms in total. The van der Waals surface area contributed by atoms with E-state index in [1.807, 2.05) is 0 Å². The predicted molar refractivity (Wildman–Crippen MR) is 362 cm³/mol. The van der Waals surface area contributed by atoms with Gasteiger partial charge in [0.25, 0.3) is 0 Å². The fraction of sp³-hybridized carbons (Fsp3) is 0.727. The summed E-state index contributed by atoms with van der Waals surface area (Å²) >= 11 is 0. The van der Waals surface area contributed by atoms with Gasteiger partial charge in [0.05, 0.1) is 0 Å². The molecule has 0 aliphatic carbocycles. The van der Waals surface area contributed by atoms with Crippen LogP contribution in [0.3, 0.4) is 0 Å². The third-order valence-electron chi connectivity index (χ3n) is 15.2. The number of carbonyl (C=O) groups excluding carboxylic acids is 3. The Morgan fingerprint density at radius 1 is 0.253 bits per heavy atom.